The highest BCUT2D eigenvalue weighted by Crippen LogP contribution is 2.23. The standard InChI is InChI=1S/C10H10ClF3N2O2.C8H8ClF3N2O/c1-2-18-9(17)6-4-15-8(11)3-7(6)16-5-10(12,13)14;9-7-1-6(5(3-15)2-13-7)14-4-8(10,11)12/h3-4H,2,5H2,1H3,(H,15,16);1-2,15H,3-4H2,(H,13,14). The molecule has 0 radical (unpaired) electrons. The lowest BCUT2D eigenvalue weighted by molar-refractivity contribution is -0.116. The van der Waals surface area contributed by atoms with E-state index in [-0.39, 0.29) is 39.4 Å². The fourth-order valence-corrected chi connectivity index (χ4v) is 2.40. The van der Waals surface area contributed by atoms with Crippen molar-refractivity contribution in [3.8, 4) is 0 Å². The second-order valence-corrected chi connectivity index (χ2v) is 6.81. The Hall–Kier alpha value is -2.51. The van der Waals surface area contributed by atoms with Crippen LogP contribution in [-0.4, -0.2) is 53.1 Å². The van der Waals surface area contributed by atoms with Crippen molar-refractivity contribution in [3.05, 3.63) is 46.0 Å². The SMILES string of the molecule is CCOC(=O)c1cnc(Cl)cc1NCC(F)(F)F.OCc1cnc(Cl)cc1NCC(F)(F)F. The second kappa shape index (κ2) is 12.7. The van der Waals surface area contributed by atoms with E-state index in [9.17, 15) is 31.1 Å². The van der Waals surface area contributed by atoms with Crippen molar-refractivity contribution in [3.63, 3.8) is 0 Å². The number of carbonyl (C=O) groups is 1. The number of aliphatic hydroxyl groups is 1. The maximum atomic E-state index is 12.1. The molecule has 0 atom stereocenters. The summed E-state index contributed by atoms with van der Waals surface area (Å²) in [7, 11) is 0. The molecule has 0 bridgehead atoms. The number of aromatic nitrogens is 2. The van der Waals surface area contributed by atoms with Crippen LogP contribution in [0.1, 0.15) is 22.8 Å². The summed E-state index contributed by atoms with van der Waals surface area (Å²) in [6, 6.07) is 2.37. The first-order valence-electron chi connectivity index (χ1n) is 8.95. The third-order valence-electron chi connectivity index (χ3n) is 3.45. The molecule has 15 heteroatoms. The van der Waals surface area contributed by atoms with E-state index >= 15 is 0 Å². The van der Waals surface area contributed by atoms with Gasteiger partial charge in [-0.15, -0.1) is 0 Å². The Kier molecular flexibility index (Phi) is 10.9. The predicted octanol–water partition coefficient (Wildman–Crippen LogP) is 5.09. The average molecular weight is 523 g/mol. The lowest BCUT2D eigenvalue weighted by Gasteiger charge is -2.12. The zero-order chi connectivity index (χ0) is 25.2. The van der Waals surface area contributed by atoms with Gasteiger partial charge < -0.3 is 20.5 Å². The first-order valence-corrected chi connectivity index (χ1v) is 9.70. The first kappa shape index (κ1) is 28.5. The highest BCUT2D eigenvalue weighted by Gasteiger charge is 2.28. The van der Waals surface area contributed by atoms with Crippen LogP contribution in [0.5, 0.6) is 0 Å². The van der Waals surface area contributed by atoms with Gasteiger partial charge in [0.05, 0.1) is 18.9 Å². The van der Waals surface area contributed by atoms with Crippen molar-refractivity contribution in [1.82, 2.24) is 9.97 Å². The van der Waals surface area contributed by atoms with Crippen molar-refractivity contribution in [2.24, 2.45) is 0 Å². The van der Waals surface area contributed by atoms with Crippen molar-refractivity contribution in [2.75, 3.05) is 30.3 Å². The van der Waals surface area contributed by atoms with E-state index in [1.54, 1.807) is 6.92 Å². The van der Waals surface area contributed by atoms with Crippen LogP contribution in [-0.2, 0) is 11.3 Å². The number of ether oxygens (including phenoxy) is 1. The minimum absolute atomic E-state index is 0.0206. The van der Waals surface area contributed by atoms with Crippen LogP contribution in [0, 0.1) is 0 Å². The Bertz CT molecular complexity index is 929. The monoisotopic (exact) mass is 522 g/mol. The quantitative estimate of drug-likeness (QED) is 0.265. The van der Waals surface area contributed by atoms with E-state index in [2.05, 4.69) is 20.6 Å². The Morgan fingerprint density at radius 2 is 1.45 bits per heavy atom. The van der Waals surface area contributed by atoms with Gasteiger partial charge in [0.1, 0.15) is 29.0 Å². The number of pyridine rings is 2. The van der Waals surface area contributed by atoms with Gasteiger partial charge >= 0.3 is 18.3 Å². The van der Waals surface area contributed by atoms with Gasteiger partial charge in [0.15, 0.2) is 0 Å². The van der Waals surface area contributed by atoms with E-state index < -0.39 is 38.0 Å². The molecule has 33 heavy (non-hydrogen) atoms. The van der Waals surface area contributed by atoms with Gasteiger partial charge in [-0.1, -0.05) is 23.2 Å². The molecule has 184 valence electrons. The smallest absolute Gasteiger partial charge is 0.405 e. The number of carbonyl (C=O) groups excluding carboxylic acids is 1. The van der Waals surface area contributed by atoms with Crippen LogP contribution in [0.4, 0.5) is 37.7 Å². The largest absolute Gasteiger partial charge is 0.462 e. The maximum absolute atomic E-state index is 12.1. The molecule has 2 aromatic heterocycles. The van der Waals surface area contributed by atoms with E-state index in [1.807, 2.05) is 0 Å². The number of hydrogen-bond acceptors (Lipinski definition) is 7. The van der Waals surface area contributed by atoms with Crippen molar-refractivity contribution in [1.29, 1.82) is 0 Å². The molecule has 2 heterocycles. The van der Waals surface area contributed by atoms with Crippen LogP contribution in [0.3, 0.4) is 0 Å². The minimum atomic E-state index is -4.40. The molecule has 0 unspecified atom stereocenters. The highest BCUT2D eigenvalue weighted by molar-refractivity contribution is 6.30. The molecule has 0 aliphatic heterocycles. The Labute approximate surface area is 194 Å². The fourth-order valence-electron chi connectivity index (χ4n) is 2.09. The number of alkyl halides is 6. The van der Waals surface area contributed by atoms with Gasteiger partial charge in [0.25, 0.3) is 0 Å². The second-order valence-electron chi connectivity index (χ2n) is 6.03. The Morgan fingerprint density at radius 1 is 0.970 bits per heavy atom. The zero-order valence-electron chi connectivity index (χ0n) is 16.8. The molecule has 0 amide bonds. The Morgan fingerprint density at radius 3 is 1.94 bits per heavy atom. The Balaban J connectivity index is 0.000000335. The molecule has 0 spiro atoms. The topological polar surface area (TPSA) is 96.4 Å². The molecule has 2 aromatic rings. The number of esters is 1. The molecule has 0 saturated heterocycles. The van der Waals surface area contributed by atoms with Crippen molar-refractivity contribution in [2.45, 2.75) is 25.9 Å². The van der Waals surface area contributed by atoms with Crippen LogP contribution in [0.15, 0.2) is 24.5 Å². The number of nitrogens with zero attached hydrogens (tertiary/aromatic N) is 2. The highest BCUT2D eigenvalue weighted by atomic mass is 35.5. The molecular weight excluding hydrogens is 505 g/mol. The zero-order valence-corrected chi connectivity index (χ0v) is 18.3. The van der Waals surface area contributed by atoms with E-state index in [0.29, 0.717) is 0 Å². The van der Waals surface area contributed by atoms with Gasteiger partial charge in [-0.25, -0.2) is 14.8 Å². The molecule has 0 saturated carbocycles. The number of hydrogen-bond donors (Lipinski definition) is 3. The number of aliphatic hydroxyl groups excluding tert-OH is 1. The first-order chi connectivity index (χ1) is 15.3. The van der Waals surface area contributed by atoms with Gasteiger partial charge in [-0.3, -0.25) is 0 Å². The third kappa shape index (κ3) is 11.3. The minimum Gasteiger partial charge on any atom is -0.462 e. The number of anilines is 2. The van der Waals surface area contributed by atoms with E-state index in [4.69, 9.17) is 33.0 Å². The molecule has 3 N–H and O–H groups in total. The molecule has 0 aliphatic rings. The van der Waals surface area contributed by atoms with Crippen LogP contribution >= 0.6 is 23.2 Å². The summed E-state index contributed by atoms with van der Waals surface area (Å²) < 4.78 is 76.7. The average Bonchev–Trinajstić information content (AvgIpc) is 2.70. The summed E-state index contributed by atoms with van der Waals surface area (Å²) in [5.74, 6) is -0.758. The van der Waals surface area contributed by atoms with Gasteiger partial charge in [-0.2, -0.15) is 26.3 Å². The van der Waals surface area contributed by atoms with E-state index in [1.165, 1.54) is 12.3 Å². The van der Waals surface area contributed by atoms with Crippen molar-refractivity contribution >= 4 is 40.5 Å². The summed E-state index contributed by atoms with van der Waals surface area (Å²) in [5, 5.41) is 13.1. The maximum Gasteiger partial charge on any atom is 0.405 e. The molecule has 0 aromatic carbocycles. The van der Waals surface area contributed by atoms with Crippen molar-refractivity contribution < 1.29 is 41.0 Å². The normalized spacial score (nSPS) is 11.3. The summed E-state index contributed by atoms with van der Waals surface area (Å²) in [4.78, 5) is 18.7. The van der Waals surface area contributed by atoms with Gasteiger partial charge in [0.2, 0.25) is 0 Å². The lowest BCUT2D eigenvalue weighted by Crippen LogP contribution is -2.22. The molecule has 0 fully saturated rings. The van der Waals surface area contributed by atoms with Crippen LogP contribution < -0.4 is 10.6 Å². The van der Waals surface area contributed by atoms with Gasteiger partial charge in [0, 0.05) is 23.6 Å². The summed E-state index contributed by atoms with van der Waals surface area (Å²) in [6.07, 6.45) is -6.43. The fraction of sp³-hybridized carbons (Fsp3) is 0.389. The van der Waals surface area contributed by atoms with Crippen LogP contribution in [0.25, 0.3) is 0 Å². The van der Waals surface area contributed by atoms with E-state index in [0.717, 1.165) is 12.3 Å². The molecule has 7 nitrogen and oxygen atoms in total. The lowest BCUT2D eigenvalue weighted by atomic mass is 10.2. The summed E-state index contributed by atoms with van der Waals surface area (Å²) in [6.45, 7) is -1.16. The molecule has 2 rings (SSSR count). The predicted molar refractivity (Wildman–Crippen MR) is 109 cm³/mol. The number of rotatable bonds is 7. The number of nitrogens with one attached hydrogen (secondary N) is 2. The molecular formula is C18H18Cl2F6N4O3. The third-order valence-corrected chi connectivity index (χ3v) is 3.86. The summed E-state index contributed by atoms with van der Waals surface area (Å²) >= 11 is 11.1. The van der Waals surface area contributed by atoms with Gasteiger partial charge in [-0.05, 0) is 19.1 Å². The molecule has 0 aliphatic carbocycles. The number of halogens is 8. The summed E-state index contributed by atoms with van der Waals surface area (Å²) in [5.41, 5.74) is 0.245. The van der Waals surface area contributed by atoms with Crippen LogP contribution in [0.2, 0.25) is 10.3 Å².